The zero-order chi connectivity index (χ0) is 16.3. The number of hydrogen-bond acceptors (Lipinski definition) is 4. The SMILES string of the molecule is CCCC.CSc1ccc(COC(=O)CC(=O)O)c(C)c1. The van der Waals surface area contributed by atoms with Crippen LogP contribution in [-0.2, 0) is 20.9 Å². The summed E-state index contributed by atoms with van der Waals surface area (Å²) < 4.78 is 4.87. The molecule has 0 radical (unpaired) electrons. The van der Waals surface area contributed by atoms with Gasteiger partial charge >= 0.3 is 11.9 Å². The molecule has 4 nitrogen and oxygen atoms in total. The molecular formula is C16H24O4S. The molecule has 0 saturated carbocycles. The number of carboxylic acids is 1. The smallest absolute Gasteiger partial charge is 0.317 e. The molecule has 1 aromatic carbocycles. The third kappa shape index (κ3) is 9.13. The molecule has 0 atom stereocenters. The Bertz CT molecular complexity index is 456. The van der Waals surface area contributed by atoms with Gasteiger partial charge in [-0.05, 0) is 36.4 Å². The van der Waals surface area contributed by atoms with E-state index in [4.69, 9.17) is 9.84 Å². The summed E-state index contributed by atoms with van der Waals surface area (Å²) in [5, 5.41) is 8.40. The topological polar surface area (TPSA) is 63.6 Å². The molecule has 118 valence electrons. The third-order valence-electron chi connectivity index (χ3n) is 2.73. The molecule has 0 aliphatic rings. The van der Waals surface area contributed by atoms with Crippen molar-refractivity contribution in [3.63, 3.8) is 0 Å². The van der Waals surface area contributed by atoms with Crippen molar-refractivity contribution in [3.05, 3.63) is 29.3 Å². The number of carboxylic acid groups (broad SMARTS) is 1. The van der Waals surface area contributed by atoms with E-state index < -0.39 is 18.4 Å². The Kier molecular flexibility index (Phi) is 10.4. The summed E-state index contributed by atoms with van der Waals surface area (Å²) in [5.41, 5.74) is 1.92. The van der Waals surface area contributed by atoms with Crippen molar-refractivity contribution >= 4 is 23.7 Å². The van der Waals surface area contributed by atoms with Crippen molar-refractivity contribution in [3.8, 4) is 0 Å². The van der Waals surface area contributed by atoms with Crippen molar-refractivity contribution in [2.45, 2.75) is 51.5 Å². The number of carbonyl (C=O) groups is 2. The van der Waals surface area contributed by atoms with Crippen LogP contribution in [0.25, 0.3) is 0 Å². The van der Waals surface area contributed by atoms with Crippen LogP contribution in [0.15, 0.2) is 23.1 Å². The highest BCUT2D eigenvalue weighted by molar-refractivity contribution is 7.98. The number of esters is 1. The highest BCUT2D eigenvalue weighted by Gasteiger charge is 2.09. The molecule has 0 aliphatic heterocycles. The number of benzene rings is 1. The van der Waals surface area contributed by atoms with Crippen molar-refractivity contribution in [2.75, 3.05) is 6.26 Å². The molecule has 0 amide bonds. The van der Waals surface area contributed by atoms with Gasteiger partial charge in [0.25, 0.3) is 0 Å². The molecule has 5 heteroatoms. The first-order chi connectivity index (χ1) is 9.94. The molecule has 0 heterocycles. The highest BCUT2D eigenvalue weighted by Crippen LogP contribution is 2.19. The van der Waals surface area contributed by atoms with Crippen LogP contribution in [0, 0.1) is 6.92 Å². The first-order valence-corrected chi connectivity index (χ1v) is 8.17. The lowest BCUT2D eigenvalue weighted by Crippen LogP contribution is -2.10. The molecule has 0 aliphatic carbocycles. The van der Waals surface area contributed by atoms with Crippen LogP contribution in [0.4, 0.5) is 0 Å². The van der Waals surface area contributed by atoms with Gasteiger partial charge in [-0.15, -0.1) is 11.8 Å². The van der Waals surface area contributed by atoms with Gasteiger partial charge in [-0.2, -0.15) is 0 Å². The summed E-state index contributed by atoms with van der Waals surface area (Å²) in [4.78, 5) is 22.5. The monoisotopic (exact) mass is 312 g/mol. The van der Waals surface area contributed by atoms with Gasteiger partial charge in [0, 0.05) is 4.90 Å². The molecule has 0 bridgehead atoms. The first-order valence-electron chi connectivity index (χ1n) is 6.95. The van der Waals surface area contributed by atoms with Crippen molar-refractivity contribution < 1.29 is 19.4 Å². The summed E-state index contributed by atoms with van der Waals surface area (Å²) in [6, 6.07) is 5.83. The van der Waals surface area contributed by atoms with Crippen LogP contribution >= 0.6 is 11.8 Å². The number of hydrogen-bond donors (Lipinski definition) is 1. The molecule has 0 aromatic heterocycles. The van der Waals surface area contributed by atoms with Gasteiger partial charge < -0.3 is 9.84 Å². The molecule has 0 spiro atoms. The summed E-state index contributed by atoms with van der Waals surface area (Å²) in [5.74, 6) is -1.89. The fourth-order valence-corrected chi connectivity index (χ4v) is 1.79. The largest absolute Gasteiger partial charge is 0.481 e. The molecular weight excluding hydrogens is 288 g/mol. The Morgan fingerprint density at radius 1 is 1.24 bits per heavy atom. The number of rotatable bonds is 6. The van der Waals surface area contributed by atoms with Crippen LogP contribution < -0.4 is 0 Å². The predicted octanol–water partition coefficient (Wildman–Crippen LogP) is 4.04. The van der Waals surface area contributed by atoms with E-state index in [-0.39, 0.29) is 6.61 Å². The van der Waals surface area contributed by atoms with Gasteiger partial charge in [-0.1, -0.05) is 32.8 Å². The zero-order valence-corrected chi connectivity index (χ0v) is 14.0. The fraction of sp³-hybridized carbons (Fsp3) is 0.500. The van der Waals surface area contributed by atoms with Gasteiger partial charge in [0.2, 0.25) is 0 Å². The lowest BCUT2D eigenvalue weighted by atomic mass is 10.1. The maximum atomic E-state index is 11.1. The van der Waals surface area contributed by atoms with Crippen LogP contribution in [0.2, 0.25) is 0 Å². The predicted molar refractivity (Wildman–Crippen MR) is 85.6 cm³/mol. The minimum atomic E-state index is -1.18. The molecule has 0 saturated heterocycles. The van der Waals surface area contributed by atoms with Gasteiger partial charge in [0.15, 0.2) is 0 Å². The van der Waals surface area contributed by atoms with Gasteiger partial charge in [-0.3, -0.25) is 9.59 Å². The Morgan fingerprint density at radius 2 is 1.86 bits per heavy atom. The number of ether oxygens (including phenoxy) is 1. The Morgan fingerprint density at radius 3 is 2.29 bits per heavy atom. The third-order valence-corrected chi connectivity index (χ3v) is 3.46. The second-order valence-corrected chi connectivity index (χ2v) is 5.40. The second-order valence-electron chi connectivity index (χ2n) is 4.52. The average molecular weight is 312 g/mol. The van der Waals surface area contributed by atoms with Crippen molar-refractivity contribution in [1.29, 1.82) is 0 Å². The molecule has 1 rings (SSSR count). The molecule has 0 unspecified atom stereocenters. The first kappa shape index (κ1) is 19.5. The average Bonchev–Trinajstić information content (AvgIpc) is 2.45. The Hall–Kier alpha value is -1.49. The van der Waals surface area contributed by atoms with Crippen molar-refractivity contribution in [2.24, 2.45) is 0 Å². The normalized spacial score (nSPS) is 9.52. The van der Waals surface area contributed by atoms with E-state index in [9.17, 15) is 9.59 Å². The summed E-state index contributed by atoms with van der Waals surface area (Å²) in [6.07, 6.45) is 4.03. The van der Waals surface area contributed by atoms with Crippen LogP contribution in [0.5, 0.6) is 0 Å². The van der Waals surface area contributed by atoms with Gasteiger partial charge in [0.05, 0.1) is 0 Å². The minimum absolute atomic E-state index is 0.118. The number of aliphatic carboxylic acids is 1. The number of thioether (sulfide) groups is 1. The lowest BCUT2D eigenvalue weighted by molar-refractivity contribution is -0.152. The summed E-state index contributed by atoms with van der Waals surface area (Å²) >= 11 is 1.64. The minimum Gasteiger partial charge on any atom is -0.481 e. The Labute approximate surface area is 130 Å². The second kappa shape index (κ2) is 11.2. The maximum absolute atomic E-state index is 11.1. The van der Waals surface area contributed by atoms with E-state index >= 15 is 0 Å². The fourth-order valence-electron chi connectivity index (χ4n) is 1.29. The molecule has 21 heavy (non-hydrogen) atoms. The molecule has 0 fully saturated rings. The van der Waals surface area contributed by atoms with Crippen LogP contribution in [-0.4, -0.2) is 23.3 Å². The van der Waals surface area contributed by atoms with E-state index in [1.165, 1.54) is 12.8 Å². The van der Waals surface area contributed by atoms with E-state index in [2.05, 4.69) is 13.8 Å². The Balaban J connectivity index is 0.000000885. The van der Waals surface area contributed by atoms with Gasteiger partial charge in [-0.25, -0.2) is 0 Å². The summed E-state index contributed by atoms with van der Waals surface area (Å²) in [7, 11) is 0. The van der Waals surface area contributed by atoms with Gasteiger partial charge in [0.1, 0.15) is 13.0 Å². The van der Waals surface area contributed by atoms with Crippen molar-refractivity contribution in [1.82, 2.24) is 0 Å². The van der Waals surface area contributed by atoms with E-state index in [1.807, 2.05) is 31.4 Å². The van der Waals surface area contributed by atoms with Crippen LogP contribution in [0.1, 0.15) is 44.2 Å². The molecule has 1 N–H and O–H groups in total. The van der Waals surface area contributed by atoms with E-state index in [0.717, 1.165) is 16.0 Å². The lowest BCUT2D eigenvalue weighted by Gasteiger charge is -2.08. The quantitative estimate of drug-likeness (QED) is 0.488. The standard InChI is InChI=1S/C12H14O4S.C4H10/c1-8-5-10(17-2)4-3-9(8)7-16-12(15)6-11(13)14;1-3-4-2/h3-5H,6-7H2,1-2H3,(H,13,14);3-4H2,1-2H3. The number of carbonyl (C=O) groups excluding carboxylic acids is 1. The van der Waals surface area contributed by atoms with Crippen LogP contribution in [0.3, 0.4) is 0 Å². The number of unbranched alkanes of at least 4 members (excludes halogenated alkanes) is 1. The highest BCUT2D eigenvalue weighted by atomic mass is 32.2. The maximum Gasteiger partial charge on any atom is 0.317 e. The summed E-state index contributed by atoms with van der Waals surface area (Å²) in [6.45, 7) is 6.41. The van der Waals surface area contributed by atoms with E-state index in [0.29, 0.717) is 0 Å². The van der Waals surface area contributed by atoms with E-state index in [1.54, 1.807) is 11.8 Å². The molecule has 1 aromatic rings. The number of aryl methyl sites for hydroxylation is 1. The zero-order valence-electron chi connectivity index (χ0n) is 13.1.